The van der Waals surface area contributed by atoms with Crippen molar-refractivity contribution in [2.24, 2.45) is 0 Å². The van der Waals surface area contributed by atoms with E-state index in [0.29, 0.717) is 19.3 Å². The van der Waals surface area contributed by atoms with Crippen LogP contribution in [0.25, 0.3) is 0 Å². The molecule has 0 aromatic heterocycles. The zero-order valence-corrected chi connectivity index (χ0v) is 11.3. The molecule has 100 valence electrons. The first-order chi connectivity index (χ1) is 8.12. The Hall–Kier alpha value is -0.610. The zero-order valence-electron chi connectivity index (χ0n) is 11.3. The van der Waals surface area contributed by atoms with Gasteiger partial charge in [0.1, 0.15) is 5.54 Å². The van der Waals surface area contributed by atoms with Gasteiger partial charge in [0.05, 0.1) is 13.7 Å². The summed E-state index contributed by atoms with van der Waals surface area (Å²) in [4.78, 5) is 11.8. The molecule has 1 fully saturated rings. The van der Waals surface area contributed by atoms with Gasteiger partial charge in [0.15, 0.2) is 0 Å². The molecule has 0 aromatic rings. The number of methoxy groups -OCH3 is 1. The second kappa shape index (κ2) is 6.97. The van der Waals surface area contributed by atoms with Crippen LogP contribution in [0.5, 0.6) is 0 Å². The van der Waals surface area contributed by atoms with Crippen LogP contribution in [0.4, 0.5) is 0 Å². The van der Waals surface area contributed by atoms with Gasteiger partial charge < -0.3 is 9.47 Å². The van der Waals surface area contributed by atoms with Crippen molar-refractivity contribution in [3.63, 3.8) is 0 Å². The Bertz CT molecular complexity index is 239. The topological polar surface area (TPSA) is 47.6 Å². The van der Waals surface area contributed by atoms with Gasteiger partial charge in [-0.2, -0.15) is 0 Å². The molecule has 0 heterocycles. The third kappa shape index (κ3) is 4.28. The Morgan fingerprint density at radius 1 is 1.35 bits per heavy atom. The first kappa shape index (κ1) is 14.5. The smallest absolute Gasteiger partial charge is 0.328 e. The average molecular weight is 243 g/mol. The molecule has 0 aliphatic heterocycles. The molecular formula is C13H25NO3. The molecule has 17 heavy (non-hydrogen) atoms. The van der Waals surface area contributed by atoms with Crippen molar-refractivity contribution in [1.29, 1.82) is 0 Å². The molecule has 0 bridgehead atoms. The number of hydrogen-bond donors (Lipinski definition) is 1. The van der Waals surface area contributed by atoms with E-state index in [-0.39, 0.29) is 5.97 Å². The fraction of sp³-hybridized carbons (Fsp3) is 0.923. The van der Waals surface area contributed by atoms with E-state index in [2.05, 4.69) is 5.32 Å². The minimum absolute atomic E-state index is 0.239. The van der Waals surface area contributed by atoms with Crippen LogP contribution in [0.15, 0.2) is 0 Å². The van der Waals surface area contributed by atoms with Crippen LogP contribution >= 0.6 is 0 Å². The van der Waals surface area contributed by atoms with E-state index in [1.54, 1.807) is 0 Å². The minimum atomic E-state index is -0.716. The summed E-state index contributed by atoms with van der Waals surface area (Å²) >= 11 is 0. The van der Waals surface area contributed by atoms with Gasteiger partial charge in [0, 0.05) is 12.6 Å². The van der Waals surface area contributed by atoms with Crippen LogP contribution in [-0.4, -0.2) is 37.9 Å². The lowest BCUT2D eigenvalue weighted by Crippen LogP contribution is -2.57. The SMILES string of the molecule is CCOCC(C)(NC1CCCCC1)C(=O)OC. The highest BCUT2D eigenvalue weighted by Crippen LogP contribution is 2.20. The Morgan fingerprint density at radius 3 is 2.53 bits per heavy atom. The number of ether oxygens (including phenoxy) is 2. The molecule has 4 heteroatoms. The Morgan fingerprint density at radius 2 is 2.00 bits per heavy atom. The van der Waals surface area contributed by atoms with E-state index in [4.69, 9.17) is 9.47 Å². The van der Waals surface area contributed by atoms with Crippen LogP contribution in [0.1, 0.15) is 46.0 Å². The maximum Gasteiger partial charge on any atom is 0.328 e. The maximum atomic E-state index is 11.8. The predicted molar refractivity (Wildman–Crippen MR) is 66.9 cm³/mol. The zero-order chi connectivity index (χ0) is 12.7. The first-order valence-electron chi connectivity index (χ1n) is 6.56. The van der Waals surface area contributed by atoms with Crippen molar-refractivity contribution >= 4 is 5.97 Å². The second-order valence-corrected chi connectivity index (χ2v) is 4.94. The van der Waals surface area contributed by atoms with Gasteiger partial charge in [-0.3, -0.25) is 5.32 Å². The van der Waals surface area contributed by atoms with Crippen molar-refractivity contribution in [3.05, 3.63) is 0 Å². The predicted octanol–water partition coefficient (Wildman–Crippen LogP) is 1.88. The van der Waals surface area contributed by atoms with Crippen molar-refractivity contribution in [2.75, 3.05) is 20.3 Å². The fourth-order valence-electron chi connectivity index (χ4n) is 2.39. The number of carbonyl (C=O) groups excluding carboxylic acids is 1. The highest BCUT2D eigenvalue weighted by molar-refractivity contribution is 5.80. The van der Waals surface area contributed by atoms with E-state index in [0.717, 1.165) is 12.8 Å². The molecule has 1 aliphatic rings. The van der Waals surface area contributed by atoms with Crippen LogP contribution in [-0.2, 0) is 14.3 Å². The van der Waals surface area contributed by atoms with Crippen molar-refractivity contribution < 1.29 is 14.3 Å². The summed E-state index contributed by atoms with van der Waals surface area (Å²) in [5, 5.41) is 3.42. The van der Waals surface area contributed by atoms with Gasteiger partial charge in [-0.05, 0) is 26.7 Å². The Kier molecular flexibility index (Phi) is 5.92. The van der Waals surface area contributed by atoms with E-state index >= 15 is 0 Å². The summed E-state index contributed by atoms with van der Waals surface area (Å²) in [5.74, 6) is -0.239. The van der Waals surface area contributed by atoms with E-state index in [1.165, 1.54) is 26.4 Å². The lowest BCUT2D eigenvalue weighted by Gasteiger charge is -2.34. The van der Waals surface area contributed by atoms with Crippen molar-refractivity contribution in [3.8, 4) is 0 Å². The number of hydrogen-bond acceptors (Lipinski definition) is 4. The average Bonchev–Trinajstić information content (AvgIpc) is 2.36. The largest absolute Gasteiger partial charge is 0.468 e. The number of nitrogens with one attached hydrogen (secondary N) is 1. The lowest BCUT2D eigenvalue weighted by molar-refractivity contribution is -0.151. The molecule has 1 unspecified atom stereocenters. The number of esters is 1. The summed E-state index contributed by atoms with van der Waals surface area (Å²) in [6, 6.07) is 0.410. The third-order valence-electron chi connectivity index (χ3n) is 3.36. The fourth-order valence-corrected chi connectivity index (χ4v) is 2.39. The summed E-state index contributed by atoms with van der Waals surface area (Å²) in [6.45, 7) is 4.77. The number of rotatable bonds is 6. The summed E-state index contributed by atoms with van der Waals surface area (Å²) < 4.78 is 10.3. The van der Waals surface area contributed by atoms with Gasteiger partial charge >= 0.3 is 5.97 Å². The summed E-state index contributed by atoms with van der Waals surface area (Å²) in [5.41, 5.74) is -0.716. The van der Waals surface area contributed by atoms with Gasteiger partial charge in [-0.1, -0.05) is 19.3 Å². The second-order valence-electron chi connectivity index (χ2n) is 4.94. The monoisotopic (exact) mass is 243 g/mol. The molecule has 1 saturated carbocycles. The summed E-state index contributed by atoms with van der Waals surface area (Å²) in [6.07, 6.45) is 6.06. The van der Waals surface area contributed by atoms with E-state index in [1.807, 2.05) is 13.8 Å². The first-order valence-corrected chi connectivity index (χ1v) is 6.56. The van der Waals surface area contributed by atoms with E-state index < -0.39 is 5.54 Å². The maximum absolute atomic E-state index is 11.8. The van der Waals surface area contributed by atoms with Crippen molar-refractivity contribution in [1.82, 2.24) is 5.32 Å². The highest BCUT2D eigenvalue weighted by atomic mass is 16.5. The normalized spacial score (nSPS) is 20.9. The van der Waals surface area contributed by atoms with Crippen LogP contribution in [0, 0.1) is 0 Å². The number of carbonyl (C=O) groups is 1. The molecule has 4 nitrogen and oxygen atoms in total. The molecule has 1 aliphatic carbocycles. The van der Waals surface area contributed by atoms with Gasteiger partial charge in [0.25, 0.3) is 0 Å². The van der Waals surface area contributed by atoms with Gasteiger partial charge in [0.2, 0.25) is 0 Å². The molecular weight excluding hydrogens is 218 g/mol. The Balaban J connectivity index is 2.57. The molecule has 0 radical (unpaired) electrons. The Labute approximate surface area is 104 Å². The molecule has 0 amide bonds. The van der Waals surface area contributed by atoms with Crippen molar-refractivity contribution in [2.45, 2.75) is 57.5 Å². The molecule has 0 spiro atoms. The molecule has 1 rings (SSSR count). The highest BCUT2D eigenvalue weighted by Gasteiger charge is 2.36. The lowest BCUT2D eigenvalue weighted by atomic mass is 9.92. The summed E-state index contributed by atoms with van der Waals surface area (Å²) in [7, 11) is 1.43. The molecule has 0 aromatic carbocycles. The standard InChI is InChI=1S/C13H25NO3/c1-4-17-10-13(2,12(15)16-3)14-11-8-6-5-7-9-11/h11,14H,4-10H2,1-3H3. The van der Waals surface area contributed by atoms with Gasteiger partial charge in [-0.25, -0.2) is 4.79 Å². The van der Waals surface area contributed by atoms with Crippen LogP contribution < -0.4 is 5.32 Å². The quantitative estimate of drug-likeness (QED) is 0.724. The van der Waals surface area contributed by atoms with Crippen LogP contribution in [0.3, 0.4) is 0 Å². The van der Waals surface area contributed by atoms with Crippen LogP contribution in [0.2, 0.25) is 0 Å². The molecule has 1 N–H and O–H groups in total. The van der Waals surface area contributed by atoms with E-state index in [9.17, 15) is 4.79 Å². The third-order valence-corrected chi connectivity index (χ3v) is 3.36. The molecule has 1 atom stereocenters. The molecule has 0 saturated heterocycles. The van der Waals surface area contributed by atoms with Gasteiger partial charge in [-0.15, -0.1) is 0 Å². The minimum Gasteiger partial charge on any atom is -0.468 e.